The molecule has 2 saturated carbocycles. The monoisotopic (exact) mass is 238 g/mol. The van der Waals surface area contributed by atoms with E-state index in [4.69, 9.17) is 0 Å². The number of hydrogen-bond acceptors (Lipinski definition) is 1. The zero-order chi connectivity index (χ0) is 11.9. The average Bonchev–Trinajstić information content (AvgIpc) is 3.08. The molecule has 3 atom stereocenters. The molecule has 2 fully saturated rings. The minimum absolute atomic E-state index is 0.0325. The van der Waals surface area contributed by atoms with Crippen LogP contribution in [0.5, 0.6) is 0 Å². The Kier molecular flexibility index (Phi) is 5.84. The van der Waals surface area contributed by atoms with Gasteiger partial charge in [0.25, 0.3) is 0 Å². The van der Waals surface area contributed by atoms with Gasteiger partial charge in [-0.2, -0.15) is 0 Å². The van der Waals surface area contributed by atoms with Crippen LogP contribution in [-0.2, 0) is 0 Å². The summed E-state index contributed by atoms with van der Waals surface area (Å²) in [5, 5.41) is 10.1. The van der Waals surface area contributed by atoms with Gasteiger partial charge in [-0.05, 0) is 24.7 Å². The smallest absolute Gasteiger partial charge is 0.0571 e. The van der Waals surface area contributed by atoms with Crippen LogP contribution in [0.2, 0.25) is 0 Å². The van der Waals surface area contributed by atoms with Crippen molar-refractivity contribution in [1.82, 2.24) is 0 Å². The standard InChI is InChI=1S/C16H30O/c17-16-12-10-8-6-4-2-1-3-5-7-9-11-14-13-15(14)16/h14-17H,1-13H2/t14-,15+,16-/m0/s1. The lowest BCUT2D eigenvalue weighted by molar-refractivity contribution is 0.131. The summed E-state index contributed by atoms with van der Waals surface area (Å²) in [6.07, 6.45) is 17.9. The quantitative estimate of drug-likeness (QED) is 0.650. The first kappa shape index (κ1) is 13.4. The van der Waals surface area contributed by atoms with E-state index in [1.165, 1.54) is 77.0 Å². The molecule has 0 amide bonds. The van der Waals surface area contributed by atoms with Crippen LogP contribution in [0.15, 0.2) is 0 Å². The molecular weight excluding hydrogens is 208 g/mol. The molecule has 17 heavy (non-hydrogen) atoms. The lowest BCUT2D eigenvalue weighted by Crippen LogP contribution is -2.10. The Morgan fingerprint density at radius 3 is 1.65 bits per heavy atom. The van der Waals surface area contributed by atoms with E-state index >= 15 is 0 Å². The van der Waals surface area contributed by atoms with Crippen molar-refractivity contribution < 1.29 is 5.11 Å². The molecule has 2 rings (SSSR count). The number of fused-ring (bicyclic) bond motifs is 1. The largest absolute Gasteiger partial charge is 0.393 e. The fourth-order valence-corrected chi connectivity index (χ4v) is 3.46. The van der Waals surface area contributed by atoms with Gasteiger partial charge in [0, 0.05) is 0 Å². The second-order valence-electron chi connectivity index (χ2n) is 6.34. The molecule has 0 aromatic rings. The predicted molar refractivity (Wildman–Crippen MR) is 73.0 cm³/mol. The fraction of sp³-hybridized carbons (Fsp3) is 1.00. The molecule has 0 aliphatic heterocycles. The average molecular weight is 238 g/mol. The van der Waals surface area contributed by atoms with Crippen molar-refractivity contribution in [3.63, 3.8) is 0 Å². The van der Waals surface area contributed by atoms with E-state index in [-0.39, 0.29) is 6.10 Å². The number of rotatable bonds is 0. The highest BCUT2D eigenvalue weighted by molar-refractivity contribution is 4.91. The van der Waals surface area contributed by atoms with Gasteiger partial charge >= 0.3 is 0 Å². The lowest BCUT2D eigenvalue weighted by Gasteiger charge is -2.09. The Labute approximate surface area is 107 Å². The molecule has 0 aromatic carbocycles. The molecule has 0 radical (unpaired) electrons. The van der Waals surface area contributed by atoms with Crippen LogP contribution in [-0.4, -0.2) is 11.2 Å². The Hall–Kier alpha value is -0.0400. The van der Waals surface area contributed by atoms with Crippen LogP contribution in [0.4, 0.5) is 0 Å². The molecule has 0 unspecified atom stereocenters. The van der Waals surface area contributed by atoms with E-state index in [2.05, 4.69) is 0 Å². The number of aliphatic hydroxyl groups is 1. The van der Waals surface area contributed by atoms with Gasteiger partial charge in [0.05, 0.1) is 6.10 Å². The minimum Gasteiger partial charge on any atom is -0.393 e. The Bertz CT molecular complexity index is 202. The van der Waals surface area contributed by atoms with E-state index in [0.29, 0.717) is 5.92 Å². The molecule has 2 aliphatic rings. The Morgan fingerprint density at radius 2 is 1.06 bits per heavy atom. The van der Waals surface area contributed by atoms with Crippen molar-refractivity contribution in [2.75, 3.05) is 0 Å². The predicted octanol–water partition coefficient (Wildman–Crippen LogP) is 4.68. The first-order valence-electron chi connectivity index (χ1n) is 8.06. The van der Waals surface area contributed by atoms with E-state index in [1.54, 1.807) is 0 Å². The topological polar surface area (TPSA) is 20.2 Å². The van der Waals surface area contributed by atoms with Gasteiger partial charge in [0.2, 0.25) is 0 Å². The molecule has 1 N–H and O–H groups in total. The zero-order valence-electron chi connectivity index (χ0n) is 11.4. The van der Waals surface area contributed by atoms with Crippen LogP contribution in [0.1, 0.15) is 83.5 Å². The van der Waals surface area contributed by atoms with E-state index < -0.39 is 0 Å². The lowest BCUT2D eigenvalue weighted by atomic mass is 10.0. The first-order valence-corrected chi connectivity index (χ1v) is 8.06. The van der Waals surface area contributed by atoms with E-state index in [1.807, 2.05) is 0 Å². The highest BCUT2D eigenvalue weighted by Crippen LogP contribution is 2.46. The minimum atomic E-state index is 0.0325. The molecule has 0 heterocycles. The first-order chi connectivity index (χ1) is 8.38. The molecular formula is C16H30O. The maximum Gasteiger partial charge on any atom is 0.0571 e. The summed E-state index contributed by atoms with van der Waals surface area (Å²) in [6.45, 7) is 0. The SMILES string of the molecule is O[C@H]1CCCCCCCCCCCC[C@H]2C[C@H]21. The van der Waals surface area contributed by atoms with Crippen LogP contribution in [0, 0.1) is 11.8 Å². The van der Waals surface area contributed by atoms with Gasteiger partial charge in [0.15, 0.2) is 0 Å². The molecule has 2 aliphatic carbocycles. The van der Waals surface area contributed by atoms with Crippen molar-refractivity contribution in [3.05, 3.63) is 0 Å². The molecule has 0 aromatic heterocycles. The van der Waals surface area contributed by atoms with Crippen LogP contribution in [0.25, 0.3) is 0 Å². The second-order valence-corrected chi connectivity index (χ2v) is 6.34. The van der Waals surface area contributed by atoms with Crippen LogP contribution < -0.4 is 0 Å². The third kappa shape index (κ3) is 4.99. The summed E-state index contributed by atoms with van der Waals surface area (Å²) < 4.78 is 0. The summed E-state index contributed by atoms with van der Waals surface area (Å²) >= 11 is 0. The maximum absolute atomic E-state index is 10.1. The maximum atomic E-state index is 10.1. The van der Waals surface area contributed by atoms with Crippen molar-refractivity contribution >= 4 is 0 Å². The van der Waals surface area contributed by atoms with E-state index in [0.717, 1.165) is 12.3 Å². The van der Waals surface area contributed by atoms with Crippen molar-refractivity contribution in [2.45, 2.75) is 89.6 Å². The van der Waals surface area contributed by atoms with Gasteiger partial charge in [0.1, 0.15) is 0 Å². The molecule has 100 valence electrons. The fourth-order valence-electron chi connectivity index (χ4n) is 3.46. The summed E-state index contributed by atoms with van der Waals surface area (Å²) in [7, 11) is 0. The third-order valence-electron chi connectivity index (χ3n) is 4.80. The van der Waals surface area contributed by atoms with Gasteiger partial charge in [-0.1, -0.05) is 70.6 Å². The van der Waals surface area contributed by atoms with Gasteiger partial charge in [-0.3, -0.25) is 0 Å². The highest BCUT2D eigenvalue weighted by Gasteiger charge is 2.40. The molecule has 1 nitrogen and oxygen atoms in total. The summed E-state index contributed by atoms with van der Waals surface area (Å²) in [5.41, 5.74) is 0. The Morgan fingerprint density at radius 1 is 0.588 bits per heavy atom. The number of aliphatic hydroxyl groups excluding tert-OH is 1. The molecule has 0 saturated heterocycles. The second kappa shape index (κ2) is 7.41. The molecule has 1 heteroatoms. The van der Waals surface area contributed by atoms with Crippen molar-refractivity contribution in [3.8, 4) is 0 Å². The summed E-state index contributed by atoms with van der Waals surface area (Å²) in [6, 6.07) is 0. The highest BCUT2D eigenvalue weighted by atomic mass is 16.3. The molecule has 0 bridgehead atoms. The third-order valence-corrected chi connectivity index (χ3v) is 4.80. The van der Waals surface area contributed by atoms with Gasteiger partial charge < -0.3 is 5.11 Å². The van der Waals surface area contributed by atoms with Crippen LogP contribution >= 0.6 is 0 Å². The van der Waals surface area contributed by atoms with Crippen molar-refractivity contribution in [1.29, 1.82) is 0 Å². The summed E-state index contributed by atoms with van der Waals surface area (Å²) in [5.74, 6) is 1.57. The Balaban J connectivity index is 1.67. The zero-order valence-corrected chi connectivity index (χ0v) is 11.4. The van der Waals surface area contributed by atoms with Crippen LogP contribution in [0.3, 0.4) is 0 Å². The van der Waals surface area contributed by atoms with Gasteiger partial charge in [-0.25, -0.2) is 0 Å². The number of hydrogen-bond donors (Lipinski definition) is 1. The normalized spacial score (nSPS) is 37.6. The van der Waals surface area contributed by atoms with Gasteiger partial charge in [-0.15, -0.1) is 0 Å². The van der Waals surface area contributed by atoms with E-state index in [9.17, 15) is 5.11 Å². The summed E-state index contributed by atoms with van der Waals surface area (Å²) in [4.78, 5) is 0. The molecule has 0 spiro atoms. The van der Waals surface area contributed by atoms with Crippen molar-refractivity contribution in [2.24, 2.45) is 11.8 Å².